The van der Waals surface area contributed by atoms with Crippen LogP contribution in [-0.4, -0.2) is 31.2 Å². The number of nitrogens with zero attached hydrogens (tertiary/aromatic N) is 1. The van der Waals surface area contributed by atoms with Gasteiger partial charge in [-0.3, -0.25) is 4.79 Å². The summed E-state index contributed by atoms with van der Waals surface area (Å²) in [7, 11) is 0. The summed E-state index contributed by atoms with van der Waals surface area (Å²) in [4.78, 5) is 14.4. The molecule has 2 atom stereocenters. The average Bonchev–Trinajstić information content (AvgIpc) is 3.11. The highest BCUT2D eigenvalue weighted by molar-refractivity contribution is 7.18. The Morgan fingerprint density at radius 3 is 2.40 bits per heavy atom. The molecule has 0 bridgehead atoms. The number of nitrogen functional groups attached to an aromatic ring is 1. The van der Waals surface area contributed by atoms with Gasteiger partial charge in [-0.2, -0.15) is 0 Å². The molecule has 2 fully saturated rings. The number of primary amides is 1. The fourth-order valence-electron chi connectivity index (χ4n) is 2.97. The zero-order valence-electron chi connectivity index (χ0n) is 11.9. The van der Waals surface area contributed by atoms with E-state index in [0.717, 1.165) is 36.5 Å². The Morgan fingerprint density at radius 2 is 1.90 bits per heavy atom. The normalized spacial score (nSPS) is 26.8. The molecule has 110 valence electrons. The third kappa shape index (κ3) is 2.38. The first-order valence-corrected chi connectivity index (χ1v) is 7.91. The van der Waals surface area contributed by atoms with Gasteiger partial charge in [0.05, 0.1) is 22.9 Å². The van der Waals surface area contributed by atoms with Crippen molar-refractivity contribution in [3.63, 3.8) is 0 Å². The Balaban J connectivity index is 1.99. The summed E-state index contributed by atoms with van der Waals surface area (Å²) in [5.74, 6) is 0.0813. The van der Waals surface area contributed by atoms with E-state index in [2.05, 4.69) is 18.7 Å². The molecule has 5 nitrogen and oxygen atoms in total. The molecule has 4 N–H and O–H groups in total. The van der Waals surface area contributed by atoms with Gasteiger partial charge in [0.2, 0.25) is 0 Å². The summed E-state index contributed by atoms with van der Waals surface area (Å²) >= 11 is 1.44. The number of carbonyl (C=O) groups is 1. The lowest BCUT2D eigenvalue weighted by Crippen LogP contribution is -2.45. The molecule has 2 unspecified atom stereocenters. The molecule has 0 spiro atoms. The van der Waals surface area contributed by atoms with Gasteiger partial charge in [0, 0.05) is 18.7 Å². The van der Waals surface area contributed by atoms with E-state index in [1.165, 1.54) is 11.3 Å². The fraction of sp³-hybridized carbons (Fsp3) is 0.643. The van der Waals surface area contributed by atoms with E-state index in [1.807, 2.05) is 0 Å². The van der Waals surface area contributed by atoms with E-state index in [9.17, 15) is 4.79 Å². The first kappa shape index (κ1) is 13.7. The lowest BCUT2D eigenvalue weighted by Gasteiger charge is -2.36. The van der Waals surface area contributed by atoms with Crippen molar-refractivity contribution in [2.75, 3.05) is 23.7 Å². The summed E-state index contributed by atoms with van der Waals surface area (Å²) in [6, 6.07) is 0. The first-order chi connectivity index (χ1) is 9.47. The average molecular weight is 295 g/mol. The molecular weight excluding hydrogens is 274 g/mol. The molecule has 1 saturated carbocycles. The van der Waals surface area contributed by atoms with Crippen LogP contribution in [0.25, 0.3) is 0 Å². The Kier molecular flexibility index (Phi) is 3.38. The maximum atomic E-state index is 11.6. The second-order valence-electron chi connectivity index (χ2n) is 5.86. The van der Waals surface area contributed by atoms with E-state index in [1.54, 1.807) is 0 Å². The number of thiophene rings is 1. The maximum Gasteiger partial charge on any atom is 0.260 e. The number of hydrogen-bond donors (Lipinski definition) is 2. The van der Waals surface area contributed by atoms with Crippen molar-refractivity contribution < 1.29 is 9.53 Å². The van der Waals surface area contributed by atoms with Crippen molar-refractivity contribution in [3.8, 4) is 0 Å². The van der Waals surface area contributed by atoms with Crippen molar-refractivity contribution in [2.45, 2.75) is 44.8 Å². The summed E-state index contributed by atoms with van der Waals surface area (Å²) in [6.45, 7) is 5.82. The van der Waals surface area contributed by atoms with E-state index >= 15 is 0 Å². The summed E-state index contributed by atoms with van der Waals surface area (Å²) < 4.78 is 5.78. The largest absolute Gasteiger partial charge is 0.397 e. The van der Waals surface area contributed by atoms with E-state index in [-0.39, 0.29) is 12.2 Å². The van der Waals surface area contributed by atoms with Gasteiger partial charge in [-0.15, -0.1) is 11.3 Å². The van der Waals surface area contributed by atoms with Crippen molar-refractivity contribution in [2.24, 2.45) is 5.73 Å². The van der Waals surface area contributed by atoms with Crippen molar-refractivity contribution in [3.05, 3.63) is 10.4 Å². The molecule has 0 radical (unpaired) electrons. The van der Waals surface area contributed by atoms with Gasteiger partial charge in [0.25, 0.3) is 5.91 Å². The molecule has 2 heterocycles. The Labute approximate surface area is 122 Å². The molecule has 0 aromatic carbocycles. The van der Waals surface area contributed by atoms with Crippen molar-refractivity contribution in [1.29, 1.82) is 0 Å². The molecular formula is C14H21N3O2S. The molecule has 1 amide bonds. The third-order valence-electron chi connectivity index (χ3n) is 3.88. The minimum absolute atomic E-state index is 0.186. The second kappa shape index (κ2) is 4.93. The molecule has 2 aliphatic rings. The molecule has 6 heteroatoms. The van der Waals surface area contributed by atoms with Crippen LogP contribution in [0.2, 0.25) is 0 Å². The maximum absolute atomic E-state index is 11.6. The minimum atomic E-state index is -0.421. The van der Waals surface area contributed by atoms with Crippen LogP contribution in [0.15, 0.2) is 0 Å². The topological polar surface area (TPSA) is 81.6 Å². The molecule has 3 rings (SSSR count). The van der Waals surface area contributed by atoms with Crippen LogP contribution < -0.4 is 16.4 Å². The Hall–Kier alpha value is -1.27. The molecule has 1 aliphatic heterocycles. The predicted molar refractivity (Wildman–Crippen MR) is 81.4 cm³/mol. The van der Waals surface area contributed by atoms with E-state index in [4.69, 9.17) is 16.2 Å². The quantitative estimate of drug-likeness (QED) is 0.892. The van der Waals surface area contributed by atoms with E-state index in [0.29, 0.717) is 16.5 Å². The first-order valence-electron chi connectivity index (χ1n) is 7.09. The van der Waals surface area contributed by atoms with Crippen molar-refractivity contribution in [1.82, 2.24) is 0 Å². The number of carbonyl (C=O) groups excluding carboxylic acids is 1. The minimum Gasteiger partial charge on any atom is -0.397 e. The molecule has 1 aliphatic carbocycles. The van der Waals surface area contributed by atoms with Crippen LogP contribution in [0.5, 0.6) is 0 Å². The number of hydrogen-bond acceptors (Lipinski definition) is 5. The van der Waals surface area contributed by atoms with Gasteiger partial charge in [-0.25, -0.2) is 0 Å². The second-order valence-corrected chi connectivity index (χ2v) is 6.86. The highest BCUT2D eigenvalue weighted by Crippen LogP contribution is 2.52. The monoisotopic (exact) mass is 295 g/mol. The van der Waals surface area contributed by atoms with Crippen LogP contribution >= 0.6 is 11.3 Å². The summed E-state index contributed by atoms with van der Waals surface area (Å²) in [6.07, 6.45) is 2.68. The highest BCUT2D eigenvalue weighted by Gasteiger charge is 2.35. The highest BCUT2D eigenvalue weighted by atomic mass is 32.1. The van der Waals surface area contributed by atoms with Gasteiger partial charge in [0.1, 0.15) is 4.88 Å². The van der Waals surface area contributed by atoms with E-state index < -0.39 is 5.91 Å². The fourth-order valence-corrected chi connectivity index (χ4v) is 4.15. The van der Waals surface area contributed by atoms with Gasteiger partial charge in [0.15, 0.2) is 0 Å². The van der Waals surface area contributed by atoms with Crippen LogP contribution in [0, 0.1) is 0 Å². The van der Waals surface area contributed by atoms with Gasteiger partial charge >= 0.3 is 0 Å². The zero-order valence-corrected chi connectivity index (χ0v) is 12.7. The SMILES string of the molecule is CC1CN(c2sc(C(N)=O)c(N)c2C2CC2)CC(C)O1. The van der Waals surface area contributed by atoms with Crippen LogP contribution in [0.3, 0.4) is 0 Å². The summed E-state index contributed by atoms with van der Waals surface area (Å²) in [5, 5.41) is 1.13. The lowest BCUT2D eigenvalue weighted by molar-refractivity contribution is -0.00504. The number of anilines is 2. The number of ether oxygens (including phenoxy) is 1. The van der Waals surface area contributed by atoms with Crippen LogP contribution in [0.4, 0.5) is 10.7 Å². The van der Waals surface area contributed by atoms with Gasteiger partial charge in [-0.1, -0.05) is 0 Å². The standard InChI is InChI=1S/C14H21N3O2S/c1-7-5-17(6-8(2)19-7)14-10(9-3-4-9)11(15)12(20-14)13(16)18/h7-9H,3-6,15H2,1-2H3,(H2,16,18). The smallest absolute Gasteiger partial charge is 0.260 e. The predicted octanol–water partition coefficient (Wildman–Crippen LogP) is 1.92. The van der Waals surface area contributed by atoms with Crippen LogP contribution in [-0.2, 0) is 4.74 Å². The Bertz CT molecular complexity index is 529. The number of rotatable bonds is 3. The molecule has 1 saturated heterocycles. The molecule has 1 aromatic rings. The molecule has 20 heavy (non-hydrogen) atoms. The van der Waals surface area contributed by atoms with Gasteiger partial charge in [-0.05, 0) is 32.6 Å². The summed E-state index contributed by atoms with van der Waals surface area (Å²) in [5.41, 5.74) is 13.4. The number of amides is 1. The van der Waals surface area contributed by atoms with Crippen LogP contribution in [0.1, 0.15) is 47.8 Å². The lowest BCUT2D eigenvalue weighted by atomic mass is 10.1. The van der Waals surface area contributed by atoms with Gasteiger partial charge < -0.3 is 21.1 Å². The number of nitrogens with two attached hydrogens (primary N) is 2. The zero-order chi connectivity index (χ0) is 14.4. The Morgan fingerprint density at radius 1 is 1.30 bits per heavy atom. The third-order valence-corrected chi connectivity index (χ3v) is 5.18. The molecule has 1 aromatic heterocycles. The number of morpholine rings is 1. The van der Waals surface area contributed by atoms with Crippen molar-refractivity contribution >= 4 is 27.9 Å².